The molecule has 1 aromatic heterocycles. The molecule has 1 amide bonds. The molecule has 14 nitrogen and oxygen atoms in total. The molecule has 1 fully saturated rings. The molecule has 0 aromatic carbocycles. The molecule has 0 saturated carbocycles. The van der Waals surface area contributed by atoms with Gasteiger partial charge in [0.05, 0.1) is 13.7 Å². The number of esters is 3. The quantitative estimate of drug-likeness (QED) is 0.140. The van der Waals surface area contributed by atoms with E-state index in [1.165, 1.54) is 50.8 Å². The van der Waals surface area contributed by atoms with Gasteiger partial charge in [-0.1, -0.05) is 0 Å². The standard InChI is InChI=1S/C22H33N4O10P/c1-12(2)24-37(31,25-13(3)22(30)32-6)33-11-17-18(34-14(4)27)19(35-15(5)28)21(36-17)26-9-7-8-16(10-26)20(23)29/h7-10,12-13,17-19,21H,11H2,1-6H3,(H3-,23,24,25,29,31)/p+1/t13-,17+,18+,19+,21+,37?/m0/s1. The Hall–Kier alpha value is -2.90. The van der Waals surface area contributed by atoms with Crippen LogP contribution in [0, 0.1) is 0 Å². The number of amides is 1. The highest BCUT2D eigenvalue weighted by atomic mass is 31.2. The summed E-state index contributed by atoms with van der Waals surface area (Å²) in [4.78, 5) is 47.4. The molecule has 1 unspecified atom stereocenters. The molecule has 1 saturated heterocycles. The summed E-state index contributed by atoms with van der Waals surface area (Å²) in [6, 6.07) is 1.73. The number of nitrogens with two attached hydrogens (primary N) is 1. The zero-order valence-electron chi connectivity index (χ0n) is 21.5. The summed E-state index contributed by atoms with van der Waals surface area (Å²) < 4.78 is 42.2. The van der Waals surface area contributed by atoms with E-state index in [-0.39, 0.29) is 11.6 Å². The third-order valence-electron chi connectivity index (χ3n) is 5.06. The van der Waals surface area contributed by atoms with Crippen molar-refractivity contribution < 1.29 is 51.8 Å². The maximum absolute atomic E-state index is 13.5. The molecular weight excluding hydrogens is 511 g/mol. The van der Waals surface area contributed by atoms with Crippen molar-refractivity contribution in [2.45, 2.75) is 71.2 Å². The first-order chi connectivity index (χ1) is 17.3. The lowest BCUT2D eigenvalue weighted by atomic mass is 10.1. The van der Waals surface area contributed by atoms with Gasteiger partial charge in [-0.05, 0) is 26.8 Å². The van der Waals surface area contributed by atoms with Crippen LogP contribution >= 0.6 is 7.67 Å². The summed E-state index contributed by atoms with van der Waals surface area (Å²) in [6.45, 7) is 6.84. The van der Waals surface area contributed by atoms with Gasteiger partial charge in [-0.25, -0.2) is 10.2 Å². The number of methoxy groups -OCH3 is 1. The maximum Gasteiger partial charge on any atom is 0.341 e. The van der Waals surface area contributed by atoms with Crippen molar-refractivity contribution in [2.24, 2.45) is 5.73 Å². The van der Waals surface area contributed by atoms with Crippen molar-refractivity contribution in [1.29, 1.82) is 0 Å². The molecule has 2 rings (SSSR count). The minimum absolute atomic E-state index is 0.156. The van der Waals surface area contributed by atoms with Crippen molar-refractivity contribution in [3.8, 4) is 0 Å². The number of carbonyl (C=O) groups is 4. The molecule has 1 aliphatic heterocycles. The topological polar surface area (TPSA) is 185 Å². The van der Waals surface area contributed by atoms with E-state index < -0.39 is 68.7 Å². The van der Waals surface area contributed by atoms with Crippen molar-refractivity contribution in [2.75, 3.05) is 13.7 Å². The summed E-state index contributed by atoms with van der Waals surface area (Å²) in [5.41, 5.74) is 5.53. The van der Waals surface area contributed by atoms with E-state index >= 15 is 0 Å². The fraction of sp³-hybridized carbons (Fsp3) is 0.591. The Morgan fingerprint density at radius 1 is 1.11 bits per heavy atom. The molecule has 1 aliphatic rings. The number of aromatic nitrogens is 1. The fourth-order valence-corrected chi connectivity index (χ4v) is 5.52. The molecular formula is C22H34N4O10P+. The van der Waals surface area contributed by atoms with Gasteiger partial charge in [-0.3, -0.25) is 23.7 Å². The summed E-state index contributed by atoms with van der Waals surface area (Å²) in [5, 5.41) is 5.36. The molecule has 37 heavy (non-hydrogen) atoms. The number of rotatable bonds is 12. The number of primary amides is 1. The molecule has 4 N–H and O–H groups in total. The monoisotopic (exact) mass is 545 g/mol. The van der Waals surface area contributed by atoms with E-state index in [0.29, 0.717) is 0 Å². The number of carbonyl (C=O) groups excluding carboxylic acids is 4. The van der Waals surface area contributed by atoms with Gasteiger partial charge < -0.3 is 29.2 Å². The average molecular weight is 546 g/mol. The second kappa shape index (κ2) is 13.1. The van der Waals surface area contributed by atoms with Crippen LogP contribution in [0.5, 0.6) is 0 Å². The Morgan fingerprint density at radius 2 is 1.73 bits per heavy atom. The Bertz CT molecular complexity index is 1050. The van der Waals surface area contributed by atoms with Crippen LogP contribution in [0.15, 0.2) is 24.5 Å². The van der Waals surface area contributed by atoms with Gasteiger partial charge in [0.2, 0.25) is 6.10 Å². The lowest BCUT2D eigenvalue weighted by Crippen LogP contribution is -2.48. The number of nitrogens with one attached hydrogen (secondary N) is 2. The van der Waals surface area contributed by atoms with E-state index in [1.54, 1.807) is 20.0 Å². The zero-order chi connectivity index (χ0) is 27.9. The third-order valence-corrected chi connectivity index (χ3v) is 7.15. The Morgan fingerprint density at radius 3 is 2.27 bits per heavy atom. The molecule has 15 heteroatoms. The van der Waals surface area contributed by atoms with Gasteiger partial charge in [0.15, 0.2) is 18.5 Å². The normalized spacial score (nSPS) is 23.6. The fourth-order valence-electron chi connectivity index (χ4n) is 3.64. The van der Waals surface area contributed by atoms with Crippen LogP contribution in [0.2, 0.25) is 0 Å². The predicted molar refractivity (Wildman–Crippen MR) is 127 cm³/mol. The summed E-state index contributed by atoms with van der Waals surface area (Å²) in [6.07, 6.45) is -1.50. The van der Waals surface area contributed by atoms with Crippen LogP contribution in [-0.2, 0) is 42.4 Å². The minimum atomic E-state index is -3.87. The van der Waals surface area contributed by atoms with E-state index in [2.05, 4.69) is 14.9 Å². The average Bonchev–Trinajstić information content (AvgIpc) is 3.12. The number of nitrogens with zero attached hydrogens (tertiary/aromatic N) is 1. The van der Waals surface area contributed by atoms with Gasteiger partial charge >= 0.3 is 31.8 Å². The highest BCUT2D eigenvalue weighted by Gasteiger charge is 2.55. The molecule has 0 aliphatic carbocycles. The largest absolute Gasteiger partial charge is 0.468 e. The minimum Gasteiger partial charge on any atom is -0.468 e. The van der Waals surface area contributed by atoms with Crippen LogP contribution in [0.4, 0.5) is 0 Å². The lowest BCUT2D eigenvalue weighted by molar-refractivity contribution is -0.765. The molecule has 1 aromatic rings. The van der Waals surface area contributed by atoms with Crippen molar-refractivity contribution in [3.05, 3.63) is 30.1 Å². The van der Waals surface area contributed by atoms with Crippen LogP contribution in [-0.4, -0.2) is 67.9 Å². The molecule has 206 valence electrons. The van der Waals surface area contributed by atoms with Crippen LogP contribution in [0.25, 0.3) is 0 Å². The van der Waals surface area contributed by atoms with Crippen LogP contribution in [0.1, 0.15) is 51.2 Å². The maximum atomic E-state index is 13.5. The Balaban J connectivity index is 2.38. The molecule has 0 spiro atoms. The smallest absolute Gasteiger partial charge is 0.341 e. The van der Waals surface area contributed by atoms with Crippen molar-refractivity contribution in [1.82, 2.24) is 10.2 Å². The SMILES string of the molecule is COC(=O)[C@H](C)NP(=O)(NC(C)C)OC[C@H]1O[C@@H]([n+]2cccc(C(N)=O)c2)[C@H](OC(C)=O)[C@@H]1OC(C)=O. The molecule has 6 atom stereocenters. The molecule has 0 bridgehead atoms. The summed E-state index contributed by atoms with van der Waals surface area (Å²) in [5.74, 6) is -2.72. The third kappa shape index (κ3) is 8.58. The lowest BCUT2D eigenvalue weighted by Gasteiger charge is -2.27. The second-order valence-corrected chi connectivity index (χ2v) is 10.5. The van der Waals surface area contributed by atoms with Gasteiger partial charge in [0.1, 0.15) is 17.7 Å². The van der Waals surface area contributed by atoms with E-state index in [4.69, 9.17) is 24.5 Å². The predicted octanol–water partition coefficient (Wildman–Crippen LogP) is 0.108. The van der Waals surface area contributed by atoms with Gasteiger partial charge in [0.25, 0.3) is 5.91 Å². The molecule has 2 heterocycles. The van der Waals surface area contributed by atoms with Crippen LogP contribution in [0.3, 0.4) is 0 Å². The Kier molecular flexibility index (Phi) is 10.7. The first-order valence-electron chi connectivity index (χ1n) is 11.4. The zero-order valence-corrected chi connectivity index (χ0v) is 22.4. The first kappa shape index (κ1) is 30.3. The Labute approximate surface area is 214 Å². The van der Waals surface area contributed by atoms with Crippen LogP contribution < -0.4 is 20.5 Å². The van der Waals surface area contributed by atoms with E-state index in [9.17, 15) is 23.7 Å². The van der Waals surface area contributed by atoms with Crippen molar-refractivity contribution in [3.63, 3.8) is 0 Å². The number of hydrogen-bond acceptors (Lipinski definition) is 10. The van der Waals surface area contributed by atoms with Gasteiger partial charge in [0, 0.05) is 26.0 Å². The second-order valence-electron chi connectivity index (χ2n) is 8.62. The number of pyridine rings is 1. The molecule has 0 radical (unpaired) electrons. The van der Waals surface area contributed by atoms with E-state index in [1.807, 2.05) is 0 Å². The highest BCUT2D eigenvalue weighted by Crippen LogP contribution is 2.41. The van der Waals surface area contributed by atoms with E-state index in [0.717, 1.165) is 0 Å². The first-order valence-corrected chi connectivity index (χ1v) is 13.1. The highest BCUT2D eigenvalue weighted by molar-refractivity contribution is 7.54. The number of ether oxygens (including phenoxy) is 4. The summed E-state index contributed by atoms with van der Waals surface area (Å²) >= 11 is 0. The number of hydrogen-bond donors (Lipinski definition) is 3. The van der Waals surface area contributed by atoms with Gasteiger partial charge in [-0.15, -0.1) is 0 Å². The van der Waals surface area contributed by atoms with Crippen molar-refractivity contribution >= 4 is 31.5 Å². The summed E-state index contributed by atoms with van der Waals surface area (Å²) in [7, 11) is -2.68. The van der Waals surface area contributed by atoms with Gasteiger partial charge in [-0.2, -0.15) is 4.57 Å².